The van der Waals surface area contributed by atoms with Crippen LogP contribution in [0.5, 0.6) is 0 Å². The monoisotopic (exact) mass is 307 g/mol. The van der Waals surface area contributed by atoms with Crippen molar-refractivity contribution in [3.05, 3.63) is 30.6 Å². The maximum absolute atomic E-state index is 12.1. The van der Waals surface area contributed by atoms with E-state index in [0.717, 1.165) is 43.0 Å². The minimum Gasteiger partial charge on any atom is -0.326 e. The van der Waals surface area contributed by atoms with Gasteiger partial charge in [-0.1, -0.05) is 0 Å². The predicted molar refractivity (Wildman–Crippen MR) is 83.3 cm³/mol. The van der Waals surface area contributed by atoms with Crippen LogP contribution in [0.2, 0.25) is 0 Å². The number of aromatic nitrogens is 3. The molecule has 1 unspecified atom stereocenters. The molecule has 0 radical (unpaired) electrons. The standard InChI is InChI=1S/C14H17N5O.ClH/c20-14(11-2-1-7-15-8-11)18-12-5-3-10(4-6-12)13-16-9-17-19-13;/h3-6,9,11,15H,1-2,7-8H2,(H,18,20)(H,16,17,19);1H. The molecule has 3 rings (SSSR count). The minimum atomic E-state index is 0. The molecule has 1 aliphatic rings. The van der Waals surface area contributed by atoms with Crippen LogP contribution in [0.15, 0.2) is 30.6 Å². The second-order valence-electron chi connectivity index (χ2n) is 4.94. The highest BCUT2D eigenvalue weighted by Crippen LogP contribution is 2.18. The lowest BCUT2D eigenvalue weighted by Crippen LogP contribution is -2.37. The highest BCUT2D eigenvalue weighted by Gasteiger charge is 2.20. The lowest BCUT2D eigenvalue weighted by Gasteiger charge is -2.21. The Kier molecular flexibility index (Phi) is 5.30. The van der Waals surface area contributed by atoms with Crippen molar-refractivity contribution >= 4 is 24.0 Å². The van der Waals surface area contributed by atoms with Crippen LogP contribution in [-0.2, 0) is 4.79 Å². The molecule has 1 aromatic carbocycles. The molecule has 0 saturated carbocycles. The molecule has 1 saturated heterocycles. The summed E-state index contributed by atoms with van der Waals surface area (Å²) in [6.07, 6.45) is 3.48. The van der Waals surface area contributed by atoms with Crippen LogP contribution in [0.25, 0.3) is 11.4 Å². The fourth-order valence-electron chi connectivity index (χ4n) is 2.38. The van der Waals surface area contributed by atoms with Gasteiger partial charge in [0.1, 0.15) is 6.33 Å². The molecule has 3 N–H and O–H groups in total. The first-order chi connectivity index (χ1) is 9.83. The number of aromatic amines is 1. The summed E-state index contributed by atoms with van der Waals surface area (Å²) in [7, 11) is 0. The van der Waals surface area contributed by atoms with Gasteiger partial charge in [-0.05, 0) is 43.7 Å². The lowest BCUT2D eigenvalue weighted by molar-refractivity contribution is -0.120. The van der Waals surface area contributed by atoms with Gasteiger partial charge in [-0.25, -0.2) is 4.98 Å². The van der Waals surface area contributed by atoms with E-state index in [-0.39, 0.29) is 24.2 Å². The molecule has 1 fully saturated rings. The van der Waals surface area contributed by atoms with Crippen LogP contribution in [-0.4, -0.2) is 34.2 Å². The molecular weight excluding hydrogens is 290 g/mol. The number of piperidine rings is 1. The number of rotatable bonds is 3. The smallest absolute Gasteiger partial charge is 0.228 e. The summed E-state index contributed by atoms with van der Waals surface area (Å²) in [5, 5.41) is 12.8. The highest BCUT2D eigenvalue weighted by atomic mass is 35.5. The van der Waals surface area contributed by atoms with Crippen molar-refractivity contribution in [1.29, 1.82) is 0 Å². The second kappa shape index (κ2) is 7.19. The van der Waals surface area contributed by atoms with Crippen LogP contribution < -0.4 is 10.6 Å². The first kappa shape index (κ1) is 15.5. The van der Waals surface area contributed by atoms with Crippen molar-refractivity contribution in [2.24, 2.45) is 5.92 Å². The van der Waals surface area contributed by atoms with E-state index in [1.54, 1.807) is 0 Å². The Hall–Kier alpha value is -1.92. The van der Waals surface area contributed by atoms with Crippen molar-refractivity contribution in [1.82, 2.24) is 20.5 Å². The third kappa shape index (κ3) is 3.80. The fourth-order valence-corrected chi connectivity index (χ4v) is 2.38. The van der Waals surface area contributed by atoms with Crippen molar-refractivity contribution in [3.8, 4) is 11.4 Å². The summed E-state index contributed by atoms with van der Waals surface area (Å²) in [6.45, 7) is 1.78. The van der Waals surface area contributed by atoms with Crippen LogP contribution in [0.4, 0.5) is 5.69 Å². The summed E-state index contributed by atoms with van der Waals surface area (Å²) in [6, 6.07) is 7.59. The number of H-pyrrole nitrogens is 1. The summed E-state index contributed by atoms with van der Waals surface area (Å²) >= 11 is 0. The van der Waals surface area contributed by atoms with Crippen LogP contribution in [0.3, 0.4) is 0 Å². The lowest BCUT2D eigenvalue weighted by atomic mass is 9.99. The molecule has 6 nitrogen and oxygen atoms in total. The van der Waals surface area contributed by atoms with Gasteiger partial charge in [0.05, 0.1) is 5.92 Å². The first-order valence-corrected chi connectivity index (χ1v) is 6.80. The quantitative estimate of drug-likeness (QED) is 0.808. The molecule has 1 atom stereocenters. The average Bonchev–Trinajstić information content (AvgIpc) is 3.03. The fraction of sp³-hybridized carbons (Fsp3) is 0.357. The number of amides is 1. The van der Waals surface area contributed by atoms with E-state index in [0.29, 0.717) is 0 Å². The molecule has 0 bridgehead atoms. The van der Waals surface area contributed by atoms with Crippen LogP contribution in [0.1, 0.15) is 12.8 Å². The van der Waals surface area contributed by atoms with E-state index in [2.05, 4.69) is 25.8 Å². The number of carbonyl (C=O) groups excluding carboxylic acids is 1. The van der Waals surface area contributed by atoms with Gasteiger partial charge in [0.15, 0.2) is 5.82 Å². The van der Waals surface area contributed by atoms with Crippen LogP contribution in [0, 0.1) is 5.92 Å². The first-order valence-electron chi connectivity index (χ1n) is 6.80. The molecule has 2 heterocycles. The van der Waals surface area contributed by atoms with E-state index in [1.165, 1.54) is 6.33 Å². The van der Waals surface area contributed by atoms with Gasteiger partial charge in [-0.3, -0.25) is 9.89 Å². The third-order valence-electron chi connectivity index (χ3n) is 3.51. The van der Waals surface area contributed by atoms with Crippen LogP contribution >= 0.6 is 12.4 Å². The molecule has 0 spiro atoms. The summed E-state index contributed by atoms with van der Waals surface area (Å²) in [4.78, 5) is 16.2. The summed E-state index contributed by atoms with van der Waals surface area (Å²) in [5.41, 5.74) is 1.75. The van der Waals surface area contributed by atoms with Gasteiger partial charge in [-0.2, -0.15) is 5.10 Å². The van der Waals surface area contributed by atoms with E-state index in [4.69, 9.17) is 0 Å². The molecule has 1 amide bonds. The average molecular weight is 308 g/mol. The number of hydrogen-bond donors (Lipinski definition) is 3. The SMILES string of the molecule is Cl.O=C(Nc1ccc(-c2ncn[nH]2)cc1)C1CCCNC1. The van der Waals surface area contributed by atoms with Gasteiger partial charge in [0.25, 0.3) is 0 Å². The number of hydrogen-bond acceptors (Lipinski definition) is 4. The number of anilines is 1. The number of benzene rings is 1. The number of halogens is 1. The third-order valence-corrected chi connectivity index (χ3v) is 3.51. The van der Waals surface area contributed by atoms with E-state index >= 15 is 0 Å². The van der Waals surface area contributed by atoms with Gasteiger partial charge >= 0.3 is 0 Å². The molecule has 112 valence electrons. The largest absolute Gasteiger partial charge is 0.326 e. The Morgan fingerprint density at radius 2 is 2.10 bits per heavy atom. The molecule has 1 aromatic heterocycles. The van der Waals surface area contributed by atoms with Gasteiger partial charge in [0, 0.05) is 17.8 Å². The maximum atomic E-state index is 12.1. The van der Waals surface area contributed by atoms with E-state index in [1.807, 2.05) is 24.3 Å². The van der Waals surface area contributed by atoms with Gasteiger partial charge < -0.3 is 10.6 Å². The molecular formula is C14H18ClN5O. The minimum absolute atomic E-state index is 0. The Bertz CT molecular complexity index is 564. The van der Waals surface area contributed by atoms with Crippen molar-refractivity contribution in [2.45, 2.75) is 12.8 Å². The molecule has 2 aromatic rings. The number of nitrogens with zero attached hydrogens (tertiary/aromatic N) is 2. The predicted octanol–water partition coefficient (Wildman–Crippen LogP) is 1.83. The molecule has 1 aliphatic heterocycles. The van der Waals surface area contributed by atoms with Crippen molar-refractivity contribution < 1.29 is 4.79 Å². The zero-order valence-corrected chi connectivity index (χ0v) is 12.3. The Balaban J connectivity index is 0.00000161. The molecule has 0 aliphatic carbocycles. The maximum Gasteiger partial charge on any atom is 0.228 e. The second-order valence-corrected chi connectivity index (χ2v) is 4.94. The number of carbonyl (C=O) groups is 1. The van der Waals surface area contributed by atoms with E-state index < -0.39 is 0 Å². The zero-order chi connectivity index (χ0) is 13.8. The topological polar surface area (TPSA) is 82.7 Å². The zero-order valence-electron chi connectivity index (χ0n) is 11.5. The van der Waals surface area contributed by atoms with Gasteiger partial charge in [-0.15, -0.1) is 12.4 Å². The number of nitrogens with one attached hydrogen (secondary N) is 3. The summed E-state index contributed by atoms with van der Waals surface area (Å²) in [5.74, 6) is 0.877. The van der Waals surface area contributed by atoms with Crippen molar-refractivity contribution in [3.63, 3.8) is 0 Å². The van der Waals surface area contributed by atoms with Gasteiger partial charge in [0.2, 0.25) is 5.91 Å². The Morgan fingerprint density at radius 1 is 1.29 bits per heavy atom. The van der Waals surface area contributed by atoms with Crippen molar-refractivity contribution in [2.75, 3.05) is 18.4 Å². The normalized spacial score (nSPS) is 17.8. The molecule has 21 heavy (non-hydrogen) atoms. The highest BCUT2D eigenvalue weighted by molar-refractivity contribution is 5.93. The molecule has 7 heteroatoms. The Labute approximate surface area is 129 Å². The summed E-state index contributed by atoms with van der Waals surface area (Å²) < 4.78 is 0. The van der Waals surface area contributed by atoms with E-state index in [9.17, 15) is 4.79 Å². The Morgan fingerprint density at radius 3 is 2.71 bits per heavy atom.